The van der Waals surface area contributed by atoms with Gasteiger partial charge in [-0.15, -0.1) is 0 Å². The lowest BCUT2D eigenvalue weighted by atomic mass is 10.1. The van der Waals surface area contributed by atoms with Gasteiger partial charge < -0.3 is 9.47 Å². The minimum Gasteiger partial charge on any atom is -0.496 e. The van der Waals surface area contributed by atoms with Crippen LogP contribution in [0.25, 0.3) is 0 Å². The lowest BCUT2D eigenvalue weighted by Gasteiger charge is -2.25. The Balaban J connectivity index is 1.84. The number of hydrazine groups is 3. The molecule has 2 aromatic carbocycles. The average molecular weight is 441 g/mol. The van der Waals surface area contributed by atoms with Crippen LogP contribution in [0.2, 0.25) is 0 Å². The van der Waals surface area contributed by atoms with Crippen molar-refractivity contribution in [2.24, 2.45) is 11.7 Å². The zero-order valence-electron chi connectivity index (χ0n) is 19.5. The predicted octanol–water partition coefficient (Wildman–Crippen LogP) is 3.20. The largest absolute Gasteiger partial charge is 0.496 e. The fourth-order valence-electron chi connectivity index (χ4n) is 3.62. The first-order chi connectivity index (χ1) is 15.1. The van der Waals surface area contributed by atoms with E-state index in [9.17, 15) is 4.79 Å². The molecule has 0 aliphatic carbocycles. The summed E-state index contributed by atoms with van der Waals surface area (Å²) in [5, 5.41) is 3.99. The van der Waals surface area contributed by atoms with Gasteiger partial charge in [0, 0.05) is 18.8 Å². The van der Waals surface area contributed by atoms with Crippen molar-refractivity contribution >= 4 is 17.4 Å². The molecule has 1 aliphatic rings. The van der Waals surface area contributed by atoms with E-state index in [1.165, 1.54) is 18.3 Å². The lowest BCUT2D eigenvalue weighted by molar-refractivity contribution is 0.216. The number of urea groups is 1. The average Bonchev–Trinajstić information content (AvgIpc) is 3.04. The van der Waals surface area contributed by atoms with Gasteiger partial charge in [0.1, 0.15) is 18.1 Å². The number of aryl methyl sites for hydroxylation is 1. The Morgan fingerprint density at radius 2 is 1.88 bits per heavy atom. The van der Waals surface area contributed by atoms with Crippen LogP contribution in [0.4, 0.5) is 16.2 Å². The number of nitrogens with one attached hydrogen (secondary N) is 1. The molecule has 0 fully saturated rings. The molecule has 1 atom stereocenters. The molecular formula is C23H32N6O3. The van der Waals surface area contributed by atoms with Crippen LogP contribution in [0, 0.1) is 6.92 Å². The van der Waals surface area contributed by atoms with Crippen LogP contribution >= 0.6 is 0 Å². The topological polar surface area (TPSA) is 109 Å². The number of nitrogens with zero attached hydrogens (tertiary/aromatic N) is 3. The van der Waals surface area contributed by atoms with Crippen molar-refractivity contribution in [3.63, 3.8) is 0 Å². The van der Waals surface area contributed by atoms with E-state index >= 15 is 0 Å². The van der Waals surface area contributed by atoms with Gasteiger partial charge in [-0.2, -0.15) is 0 Å². The van der Waals surface area contributed by atoms with E-state index in [1.54, 1.807) is 25.3 Å². The van der Waals surface area contributed by atoms with E-state index in [2.05, 4.69) is 37.3 Å². The Kier molecular flexibility index (Phi) is 6.93. The third-order valence-electron chi connectivity index (χ3n) is 5.76. The number of rotatable bonds is 6. The summed E-state index contributed by atoms with van der Waals surface area (Å²) in [6.07, 6.45) is 0. The Morgan fingerprint density at radius 3 is 2.44 bits per heavy atom. The van der Waals surface area contributed by atoms with Crippen molar-refractivity contribution in [1.29, 1.82) is 0 Å². The lowest BCUT2D eigenvalue weighted by Crippen LogP contribution is -2.49. The maximum Gasteiger partial charge on any atom is 0.352 e. The SMILES string of the molecule is COc1cccc(N(N)C(=O)N(C)N)c1COc1ccc(N2NC(C)C(C)=C2C)cc1C. The van der Waals surface area contributed by atoms with Gasteiger partial charge in [0.05, 0.1) is 24.0 Å². The quantitative estimate of drug-likeness (QED) is 0.359. The van der Waals surface area contributed by atoms with Crippen LogP contribution in [-0.4, -0.2) is 31.2 Å². The molecule has 9 heteroatoms. The minimum atomic E-state index is -0.564. The molecule has 0 bridgehead atoms. The number of methoxy groups -OCH3 is 1. The van der Waals surface area contributed by atoms with Gasteiger partial charge in [-0.3, -0.25) is 10.0 Å². The summed E-state index contributed by atoms with van der Waals surface area (Å²) in [6, 6.07) is 11.0. The number of nitrogens with two attached hydrogens (primary N) is 2. The van der Waals surface area contributed by atoms with E-state index in [4.69, 9.17) is 21.2 Å². The Labute approximate surface area is 189 Å². The second kappa shape index (κ2) is 9.47. The van der Waals surface area contributed by atoms with Gasteiger partial charge in [0.25, 0.3) is 0 Å². The van der Waals surface area contributed by atoms with Gasteiger partial charge in [0.2, 0.25) is 0 Å². The van der Waals surface area contributed by atoms with Crippen molar-refractivity contribution in [2.75, 3.05) is 24.2 Å². The standard InChI is InChI=1S/C23H32N6O3/c1-14-12-18(29-17(4)15(2)16(3)26-29)10-11-21(14)32-13-19-20(8-7-9-22(19)31-6)28(25)23(30)27(5)24/h7-12,16,26H,13,24-25H2,1-6H3. The van der Waals surface area contributed by atoms with Crippen LogP contribution in [-0.2, 0) is 6.61 Å². The minimum absolute atomic E-state index is 0.159. The van der Waals surface area contributed by atoms with Crippen molar-refractivity contribution in [3.05, 3.63) is 58.8 Å². The molecule has 0 saturated heterocycles. The van der Waals surface area contributed by atoms with Crippen LogP contribution in [0.5, 0.6) is 11.5 Å². The predicted molar refractivity (Wildman–Crippen MR) is 126 cm³/mol. The van der Waals surface area contributed by atoms with Crippen LogP contribution in [0.3, 0.4) is 0 Å². The van der Waals surface area contributed by atoms with Gasteiger partial charge >= 0.3 is 6.03 Å². The first-order valence-electron chi connectivity index (χ1n) is 10.4. The molecule has 0 radical (unpaired) electrons. The maximum absolute atomic E-state index is 12.3. The van der Waals surface area contributed by atoms with E-state index in [-0.39, 0.29) is 6.61 Å². The fraction of sp³-hybridized carbons (Fsp3) is 0.348. The second-order valence-electron chi connectivity index (χ2n) is 7.91. The van der Waals surface area contributed by atoms with Crippen LogP contribution in [0.1, 0.15) is 31.9 Å². The number of anilines is 2. The van der Waals surface area contributed by atoms with Crippen molar-refractivity contribution in [2.45, 2.75) is 40.3 Å². The number of allylic oxidation sites excluding steroid dienone is 1. The Hall–Kier alpha value is -3.27. The molecule has 2 amide bonds. The molecule has 9 nitrogen and oxygen atoms in total. The molecule has 1 heterocycles. The number of amides is 2. The van der Waals surface area contributed by atoms with Crippen molar-refractivity contribution < 1.29 is 14.3 Å². The molecule has 172 valence electrons. The molecule has 32 heavy (non-hydrogen) atoms. The number of carbonyl (C=O) groups excluding carboxylic acids is 1. The molecule has 3 rings (SSSR count). The summed E-state index contributed by atoms with van der Waals surface area (Å²) < 4.78 is 11.6. The number of benzene rings is 2. The number of carbonyl (C=O) groups is 1. The highest BCUT2D eigenvalue weighted by molar-refractivity contribution is 5.91. The van der Waals surface area contributed by atoms with Gasteiger partial charge in [-0.05, 0) is 69.2 Å². The number of hydrogen-bond acceptors (Lipinski definition) is 7. The number of ether oxygens (including phenoxy) is 2. The number of hydrogen-bond donors (Lipinski definition) is 3. The molecule has 5 N–H and O–H groups in total. The van der Waals surface area contributed by atoms with E-state index in [0.29, 0.717) is 23.0 Å². The highest BCUT2D eigenvalue weighted by Gasteiger charge is 2.24. The van der Waals surface area contributed by atoms with E-state index in [1.807, 2.05) is 19.1 Å². The van der Waals surface area contributed by atoms with Gasteiger partial charge in [-0.1, -0.05) is 6.07 Å². The van der Waals surface area contributed by atoms with E-state index < -0.39 is 6.03 Å². The summed E-state index contributed by atoms with van der Waals surface area (Å²) in [4.78, 5) is 12.3. The Morgan fingerprint density at radius 1 is 1.16 bits per heavy atom. The summed E-state index contributed by atoms with van der Waals surface area (Å²) in [7, 11) is 2.99. The van der Waals surface area contributed by atoms with Gasteiger partial charge in [-0.25, -0.2) is 26.9 Å². The molecule has 1 aliphatic heterocycles. The first-order valence-corrected chi connectivity index (χ1v) is 10.4. The zero-order valence-corrected chi connectivity index (χ0v) is 19.5. The molecule has 2 aromatic rings. The zero-order chi connectivity index (χ0) is 23.6. The molecule has 0 aromatic heterocycles. The Bertz CT molecular complexity index is 1040. The summed E-state index contributed by atoms with van der Waals surface area (Å²) >= 11 is 0. The third-order valence-corrected chi connectivity index (χ3v) is 5.76. The van der Waals surface area contributed by atoms with Crippen LogP contribution < -0.4 is 36.6 Å². The van der Waals surface area contributed by atoms with Crippen molar-refractivity contribution in [1.82, 2.24) is 10.4 Å². The summed E-state index contributed by atoms with van der Waals surface area (Å²) in [5.41, 5.74) is 9.09. The summed E-state index contributed by atoms with van der Waals surface area (Å²) in [5.74, 6) is 12.9. The monoisotopic (exact) mass is 440 g/mol. The summed E-state index contributed by atoms with van der Waals surface area (Å²) in [6.45, 7) is 8.53. The van der Waals surface area contributed by atoms with Crippen molar-refractivity contribution in [3.8, 4) is 11.5 Å². The molecule has 0 saturated carbocycles. The maximum atomic E-state index is 12.3. The fourth-order valence-corrected chi connectivity index (χ4v) is 3.62. The molecule has 1 unspecified atom stereocenters. The second-order valence-corrected chi connectivity index (χ2v) is 7.91. The third kappa shape index (κ3) is 4.50. The highest BCUT2D eigenvalue weighted by atomic mass is 16.5. The molecule has 0 spiro atoms. The highest BCUT2D eigenvalue weighted by Crippen LogP contribution is 2.33. The van der Waals surface area contributed by atoms with Gasteiger partial charge in [0.15, 0.2) is 0 Å². The normalized spacial score (nSPS) is 15.8. The van der Waals surface area contributed by atoms with E-state index in [0.717, 1.165) is 27.0 Å². The first kappa shape index (κ1) is 23.4. The smallest absolute Gasteiger partial charge is 0.352 e. The van der Waals surface area contributed by atoms with Crippen LogP contribution in [0.15, 0.2) is 47.7 Å². The molecular weight excluding hydrogens is 408 g/mol.